The molecule has 1 aromatic heterocycles. The molecule has 0 atom stereocenters. The molecule has 0 bridgehead atoms. The van der Waals surface area contributed by atoms with E-state index in [2.05, 4.69) is 5.32 Å². The molecule has 0 spiro atoms. The van der Waals surface area contributed by atoms with E-state index >= 15 is 0 Å². The third kappa shape index (κ3) is 4.21. The van der Waals surface area contributed by atoms with Crippen LogP contribution in [0.25, 0.3) is 6.08 Å². The second kappa shape index (κ2) is 7.56. The number of carbonyl (C=O) groups is 4. The summed E-state index contributed by atoms with van der Waals surface area (Å²) in [4.78, 5) is 48.2. The number of primary amides is 1. The molecule has 3 rings (SSSR count). The Morgan fingerprint density at radius 2 is 1.93 bits per heavy atom. The Morgan fingerprint density at radius 3 is 2.56 bits per heavy atom. The first-order valence-electron chi connectivity index (χ1n) is 7.86. The van der Waals surface area contributed by atoms with Crippen molar-refractivity contribution in [1.29, 1.82) is 0 Å². The lowest BCUT2D eigenvalue weighted by molar-refractivity contribution is -0.130. The van der Waals surface area contributed by atoms with E-state index in [0.717, 1.165) is 4.90 Å². The molecule has 1 saturated heterocycles. The highest BCUT2D eigenvalue weighted by atomic mass is 16.5. The van der Waals surface area contributed by atoms with Crippen LogP contribution in [0, 0.1) is 0 Å². The van der Waals surface area contributed by atoms with Gasteiger partial charge in [-0.15, -0.1) is 0 Å². The Bertz CT molecular complexity index is 915. The van der Waals surface area contributed by atoms with Crippen LogP contribution in [0.4, 0.5) is 4.79 Å². The molecule has 27 heavy (non-hydrogen) atoms. The van der Waals surface area contributed by atoms with Crippen molar-refractivity contribution in [2.24, 2.45) is 5.73 Å². The zero-order valence-electron chi connectivity index (χ0n) is 14.0. The number of furan rings is 1. The number of hydrogen-bond donors (Lipinski definition) is 2. The number of hydrogen-bond acceptors (Lipinski definition) is 6. The van der Waals surface area contributed by atoms with Gasteiger partial charge >= 0.3 is 6.03 Å². The fourth-order valence-corrected chi connectivity index (χ4v) is 2.38. The number of nitrogens with one attached hydrogen (secondary N) is 1. The molecular formula is C18H15N3O6. The van der Waals surface area contributed by atoms with Crippen LogP contribution in [0.2, 0.25) is 0 Å². The predicted molar refractivity (Wildman–Crippen MR) is 91.9 cm³/mol. The fraction of sp³-hybridized carbons (Fsp3) is 0.111. The number of imide groups is 2. The summed E-state index contributed by atoms with van der Waals surface area (Å²) in [5, 5.41) is 2.13. The maximum atomic E-state index is 12.6. The van der Waals surface area contributed by atoms with Crippen LogP contribution in [0.1, 0.15) is 11.3 Å². The normalized spacial score (nSPS) is 15.8. The highest BCUT2D eigenvalue weighted by molar-refractivity contribution is 6.30. The zero-order chi connectivity index (χ0) is 19.4. The first kappa shape index (κ1) is 17.9. The summed E-state index contributed by atoms with van der Waals surface area (Å²) in [7, 11) is 0. The number of nitrogens with two attached hydrogens (primary N) is 1. The van der Waals surface area contributed by atoms with Crippen molar-refractivity contribution < 1.29 is 28.3 Å². The second-order valence-corrected chi connectivity index (χ2v) is 5.61. The van der Waals surface area contributed by atoms with Crippen LogP contribution in [-0.2, 0) is 20.9 Å². The van der Waals surface area contributed by atoms with E-state index in [4.69, 9.17) is 14.9 Å². The maximum Gasteiger partial charge on any atom is 0.331 e. The summed E-state index contributed by atoms with van der Waals surface area (Å²) < 4.78 is 10.3. The van der Waals surface area contributed by atoms with Gasteiger partial charge in [0.15, 0.2) is 6.61 Å². The summed E-state index contributed by atoms with van der Waals surface area (Å²) in [6.07, 6.45) is 2.78. The number of ether oxygens (including phenoxy) is 1. The Labute approximate surface area is 153 Å². The molecule has 138 valence electrons. The van der Waals surface area contributed by atoms with Gasteiger partial charge in [0, 0.05) is 0 Å². The number of carbonyl (C=O) groups excluding carboxylic acids is 4. The first-order valence-corrected chi connectivity index (χ1v) is 7.86. The van der Waals surface area contributed by atoms with Gasteiger partial charge in [0.1, 0.15) is 17.1 Å². The van der Waals surface area contributed by atoms with Crippen LogP contribution < -0.4 is 15.8 Å². The molecule has 2 heterocycles. The fourth-order valence-electron chi connectivity index (χ4n) is 2.38. The minimum absolute atomic E-state index is 0.0951. The minimum atomic E-state index is -0.811. The standard InChI is InChI=1S/C18H15N3O6/c19-15(22)10-27-12-5-3-11(4-6-12)8-14-16(23)20-18(25)21(17(14)24)9-13-2-1-7-26-13/h1-8H,9-10H2,(H2,19,22)(H,20,23,25)/b14-8-. The highest BCUT2D eigenvalue weighted by Crippen LogP contribution is 2.19. The van der Waals surface area contributed by atoms with Gasteiger partial charge in [0.05, 0.1) is 12.8 Å². The summed E-state index contributed by atoms with van der Waals surface area (Å²) >= 11 is 0. The topological polar surface area (TPSA) is 132 Å². The van der Waals surface area contributed by atoms with E-state index in [1.807, 2.05) is 0 Å². The number of benzene rings is 1. The number of rotatable bonds is 6. The molecule has 0 aliphatic carbocycles. The lowest BCUT2D eigenvalue weighted by atomic mass is 10.1. The van der Waals surface area contributed by atoms with Crippen molar-refractivity contribution >= 4 is 29.8 Å². The Kier molecular flexibility index (Phi) is 5.02. The molecule has 9 heteroatoms. The Balaban J connectivity index is 1.79. The smallest absolute Gasteiger partial charge is 0.331 e. The van der Waals surface area contributed by atoms with Gasteiger partial charge in [-0.1, -0.05) is 12.1 Å². The average Bonchev–Trinajstić information content (AvgIpc) is 3.14. The van der Waals surface area contributed by atoms with Gasteiger partial charge in [-0.3, -0.25) is 24.6 Å². The van der Waals surface area contributed by atoms with Gasteiger partial charge in [0.25, 0.3) is 17.7 Å². The van der Waals surface area contributed by atoms with Crippen molar-refractivity contribution in [3.8, 4) is 5.75 Å². The van der Waals surface area contributed by atoms with Gasteiger partial charge in [0.2, 0.25) is 0 Å². The van der Waals surface area contributed by atoms with Gasteiger partial charge in [-0.05, 0) is 35.9 Å². The van der Waals surface area contributed by atoms with Gasteiger partial charge in [-0.25, -0.2) is 4.79 Å². The molecule has 0 saturated carbocycles. The summed E-state index contributed by atoms with van der Waals surface area (Å²) in [5.41, 5.74) is 5.35. The zero-order valence-corrected chi connectivity index (χ0v) is 14.0. The molecule has 2 aromatic rings. The van der Waals surface area contributed by atoms with Crippen molar-refractivity contribution in [2.75, 3.05) is 6.61 Å². The molecule has 5 amide bonds. The predicted octanol–water partition coefficient (Wildman–Crippen LogP) is 0.806. The lowest BCUT2D eigenvalue weighted by Crippen LogP contribution is -2.53. The molecule has 1 aromatic carbocycles. The van der Waals surface area contributed by atoms with Crippen LogP contribution in [0.15, 0.2) is 52.7 Å². The summed E-state index contributed by atoms with van der Waals surface area (Å²) in [6, 6.07) is 8.75. The van der Waals surface area contributed by atoms with E-state index in [9.17, 15) is 19.2 Å². The van der Waals surface area contributed by atoms with E-state index in [1.54, 1.807) is 36.4 Å². The van der Waals surface area contributed by atoms with E-state index < -0.39 is 23.8 Å². The molecule has 9 nitrogen and oxygen atoms in total. The number of barbiturate groups is 1. The first-order chi connectivity index (χ1) is 12.9. The lowest BCUT2D eigenvalue weighted by Gasteiger charge is -2.25. The Hall–Kier alpha value is -3.88. The number of urea groups is 1. The number of amides is 5. The molecular weight excluding hydrogens is 354 g/mol. The van der Waals surface area contributed by atoms with Gasteiger partial charge in [-0.2, -0.15) is 0 Å². The van der Waals surface area contributed by atoms with Crippen LogP contribution in [0.5, 0.6) is 5.75 Å². The second-order valence-electron chi connectivity index (χ2n) is 5.61. The maximum absolute atomic E-state index is 12.6. The molecule has 0 unspecified atom stereocenters. The molecule has 1 fully saturated rings. The summed E-state index contributed by atoms with van der Waals surface area (Å²) in [6.45, 7) is -0.354. The van der Waals surface area contributed by atoms with Gasteiger partial charge < -0.3 is 14.9 Å². The molecule has 1 aliphatic rings. The minimum Gasteiger partial charge on any atom is -0.484 e. The van der Waals surface area contributed by atoms with E-state index in [1.165, 1.54) is 12.3 Å². The van der Waals surface area contributed by atoms with Crippen LogP contribution in [0.3, 0.4) is 0 Å². The highest BCUT2D eigenvalue weighted by Gasteiger charge is 2.36. The third-order valence-corrected chi connectivity index (χ3v) is 3.65. The largest absolute Gasteiger partial charge is 0.484 e. The summed E-state index contributed by atoms with van der Waals surface area (Å²) in [5.74, 6) is -1.30. The van der Waals surface area contributed by atoms with E-state index in [0.29, 0.717) is 17.1 Å². The van der Waals surface area contributed by atoms with E-state index in [-0.39, 0.29) is 18.7 Å². The van der Waals surface area contributed by atoms with Crippen LogP contribution in [-0.4, -0.2) is 35.3 Å². The molecule has 0 radical (unpaired) electrons. The van der Waals surface area contributed by atoms with Crippen molar-refractivity contribution in [1.82, 2.24) is 10.2 Å². The number of nitrogens with zero attached hydrogens (tertiary/aromatic N) is 1. The monoisotopic (exact) mass is 369 g/mol. The molecule has 3 N–H and O–H groups in total. The average molecular weight is 369 g/mol. The third-order valence-electron chi connectivity index (χ3n) is 3.65. The van der Waals surface area contributed by atoms with Crippen molar-refractivity contribution in [3.05, 3.63) is 59.6 Å². The quantitative estimate of drug-likeness (QED) is 0.572. The Morgan fingerprint density at radius 1 is 1.19 bits per heavy atom. The van der Waals surface area contributed by atoms with Crippen LogP contribution >= 0.6 is 0 Å². The SMILES string of the molecule is NC(=O)COc1ccc(/C=C2/C(=O)NC(=O)N(Cc3ccco3)C2=O)cc1. The van der Waals surface area contributed by atoms with Crippen molar-refractivity contribution in [2.45, 2.75) is 6.54 Å². The molecule has 1 aliphatic heterocycles. The van der Waals surface area contributed by atoms with Crippen molar-refractivity contribution in [3.63, 3.8) is 0 Å².